The van der Waals surface area contributed by atoms with Gasteiger partial charge < -0.3 is 15.8 Å². The first-order valence-corrected chi connectivity index (χ1v) is 7.49. The number of nitrogens with two attached hydrogens (primary N) is 1. The van der Waals surface area contributed by atoms with Gasteiger partial charge in [-0.15, -0.1) is 0 Å². The number of halogens is 1. The Morgan fingerprint density at radius 3 is 2.78 bits per heavy atom. The fraction of sp³-hybridized carbons (Fsp3) is 0.278. The summed E-state index contributed by atoms with van der Waals surface area (Å²) in [6.07, 6.45) is 0.573. The molecule has 0 saturated heterocycles. The molecule has 0 saturated carbocycles. The SMILES string of the molecule is CC1(C)CC(NC(=O)c2ccccc2F)c2cc(N)ccc2O1. The van der Waals surface area contributed by atoms with Crippen molar-refractivity contribution in [2.24, 2.45) is 0 Å². The Kier molecular flexibility index (Phi) is 3.72. The van der Waals surface area contributed by atoms with Gasteiger partial charge in [0, 0.05) is 17.7 Å². The minimum atomic E-state index is -0.538. The van der Waals surface area contributed by atoms with Crippen LogP contribution in [-0.4, -0.2) is 11.5 Å². The number of carbonyl (C=O) groups is 1. The first kappa shape index (κ1) is 15.3. The molecule has 0 aliphatic carbocycles. The van der Waals surface area contributed by atoms with E-state index in [9.17, 15) is 9.18 Å². The standard InChI is InChI=1S/C18H19FN2O2/c1-18(2)10-15(13-9-11(20)7-8-16(13)23-18)21-17(22)12-5-3-4-6-14(12)19/h3-9,15H,10,20H2,1-2H3,(H,21,22). The molecule has 1 aliphatic heterocycles. The third-order valence-corrected chi connectivity index (χ3v) is 3.92. The van der Waals surface area contributed by atoms with Gasteiger partial charge in [0.05, 0.1) is 11.6 Å². The number of hydrogen-bond donors (Lipinski definition) is 2. The molecule has 5 heteroatoms. The highest BCUT2D eigenvalue weighted by Crippen LogP contribution is 2.40. The van der Waals surface area contributed by atoms with Crippen LogP contribution in [0.2, 0.25) is 0 Å². The molecule has 1 amide bonds. The van der Waals surface area contributed by atoms with E-state index in [0.717, 1.165) is 5.56 Å². The van der Waals surface area contributed by atoms with Crippen LogP contribution in [0.25, 0.3) is 0 Å². The first-order valence-electron chi connectivity index (χ1n) is 7.49. The number of amides is 1. The molecule has 1 aliphatic rings. The molecule has 0 bridgehead atoms. The minimum Gasteiger partial charge on any atom is -0.487 e. The lowest BCUT2D eigenvalue weighted by Gasteiger charge is -2.38. The maximum atomic E-state index is 13.8. The Hall–Kier alpha value is -2.56. The molecule has 3 N–H and O–H groups in total. The summed E-state index contributed by atoms with van der Waals surface area (Å²) >= 11 is 0. The monoisotopic (exact) mass is 314 g/mol. The predicted molar refractivity (Wildman–Crippen MR) is 86.8 cm³/mol. The van der Waals surface area contributed by atoms with Crippen molar-refractivity contribution in [1.82, 2.24) is 5.32 Å². The van der Waals surface area contributed by atoms with E-state index in [2.05, 4.69) is 5.32 Å². The lowest BCUT2D eigenvalue weighted by atomic mass is 9.89. The third kappa shape index (κ3) is 3.13. The van der Waals surface area contributed by atoms with Gasteiger partial charge in [0.2, 0.25) is 0 Å². The lowest BCUT2D eigenvalue weighted by Crippen LogP contribution is -2.41. The van der Waals surface area contributed by atoms with E-state index in [1.54, 1.807) is 30.3 Å². The zero-order valence-electron chi connectivity index (χ0n) is 13.1. The topological polar surface area (TPSA) is 64.4 Å². The number of benzene rings is 2. The van der Waals surface area contributed by atoms with Crippen LogP contribution >= 0.6 is 0 Å². The smallest absolute Gasteiger partial charge is 0.254 e. The number of anilines is 1. The van der Waals surface area contributed by atoms with Crippen molar-refractivity contribution in [3.8, 4) is 5.75 Å². The van der Waals surface area contributed by atoms with E-state index in [1.165, 1.54) is 12.1 Å². The summed E-state index contributed by atoms with van der Waals surface area (Å²) in [6.45, 7) is 3.91. The summed E-state index contributed by atoms with van der Waals surface area (Å²) in [5.41, 5.74) is 6.85. The molecule has 0 aromatic heterocycles. The zero-order chi connectivity index (χ0) is 16.6. The molecule has 0 fully saturated rings. The van der Waals surface area contributed by atoms with Crippen molar-refractivity contribution < 1.29 is 13.9 Å². The van der Waals surface area contributed by atoms with Gasteiger partial charge in [-0.2, -0.15) is 0 Å². The van der Waals surface area contributed by atoms with Crippen molar-refractivity contribution in [1.29, 1.82) is 0 Å². The molecule has 2 aromatic rings. The van der Waals surface area contributed by atoms with Crippen LogP contribution in [0.3, 0.4) is 0 Å². The van der Waals surface area contributed by atoms with Gasteiger partial charge in [-0.05, 0) is 44.2 Å². The number of rotatable bonds is 2. The summed E-state index contributed by atoms with van der Waals surface area (Å²) in [6, 6.07) is 11.0. The van der Waals surface area contributed by atoms with Crippen molar-refractivity contribution in [2.45, 2.75) is 31.9 Å². The first-order chi connectivity index (χ1) is 10.9. The quantitative estimate of drug-likeness (QED) is 0.835. The van der Waals surface area contributed by atoms with Gasteiger partial charge in [0.1, 0.15) is 17.2 Å². The number of carbonyl (C=O) groups excluding carboxylic acids is 1. The van der Waals surface area contributed by atoms with E-state index in [-0.39, 0.29) is 11.6 Å². The van der Waals surface area contributed by atoms with Crippen molar-refractivity contribution >= 4 is 11.6 Å². The molecule has 120 valence electrons. The van der Waals surface area contributed by atoms with Crippen LogP contribution in [-0.2, 0) is 0 Å². The van der Waals surface area contributed by atoms with Gasteiger partial charge in [-0.25, -0.2) is 4.39 Å². The number of fused-ring (bicyclic) bond motifs is 1. The molecule has 0 spiro atoms. The largest absolute Gasteiger partial charge is 0.487 e. The van der Waals surface area contributed by atoms with Crippen molar-refractivity contribution in [3.63, 3.8) is 0 Å². The van der Waals surface area contributed by atoms with Gasteiger partial charge in [-0.3, -0.25) is 4.79 Å². The Labute approximate surface area is 134 Å². The molecular formula is C18H19FN2O2. The molecule has 1 unspecified atom stereocenters. The number of nitrogen functional groups attached to an aromatic ring is 1. The van der Waals surface area contributed by atoms with Crippen molar-refractivity contribution in [3.05, 3.63) is 59.4 Å². The second-order valence-corrected chi connectivity index (χ2v) is 6.37. The summed E-state index contributed by atoms with van der Waals surface area (Å²) in [5, 5.41) is 2.90. The Balaban J connectivity index is 1.92. The zero-order valence-corrected chi connectivity index (χ0v) is 13.1. The van der Waals surface area contributed by atoms with Gasteiger partial charge in [-0.1, -0.05) is 12.1 Å². The number of hydrogen-bond acceptors (Lipinski definition) is 3. The molecule has 0 radical (unpaired) electrons. The average Bonchev–Trinajstić information content (AvgIpc) is 2.47. The fourth-order valence-electron chi connectivity index (χ4n) is 2.88. The summed E-state index contributed by atoms with van der Waals surface area (Å²) in [7, 11) is 0. The molecule has 3 rings (SSSR count). The molecular weight excluding hydrogens is 295 g/mol. The molecule has 4 nitrogen and oxygen atoms in total. The van der Waals surface area contributed by atoms with Crippen LogP contribution < -0.4 is 15.8 Å². The maximum Gasteiger partial charge on any atom is 0.254 e. The van der Waals surface area contributed by atoms with Crippen LogP contribution in [0, 0.1) is 5.82 Å². The highest BCUT2D eigenvalue weighted by molar-refractivity contribution is 5.94. The Morgan fingerprint density at radius 1 is 1.30 bits per heavy atom. The van der Waals surface area contributed by atoms with Gasteiger partial charge in [0.25, 0.3) is 5.91 Å². The van der Waals surface area contributed by atoms with Crippen LogP contribution in [0.5, 0.6) is 5.75 Å². The normalized spacial score (nSPS) is 18.7. The summed E-state index contributed by atoms with van der Waals surface area (Å²) < 4.78 is 19.7. The van der Waals surface area contributed by atoms with E-state index >= 15 is 0 Å². The molecule has 1 atom stereocenters. The van der Waals surface area contributed by atoms with Gasteiger partial charge >= 0.3 is 0 Å². The number of nitrogens with one attached hydrogen (secondary N) is 1. The van der Waals surface area contributed by atoms with E-state index in [4.69, 9.17) is 10.5 Å². The third-order valence-electron chi connectivity index (χ3n) is 3.92. The van der Waals surface area contributed by atoms with E-state index in [1.807, 2.05) is 13.8 Å². The molecule has 23 heavy (non-hydrogen) atoms. The van der Waals surface area contributed by atoms with E-state index in [0.29, 0.717) is 17.9 Å². The number of ether oxygens (including phenoxy) is 1. The summed E-state index contributed by atoms with van der Waals surface area (Å²) in [4.78, 5) is 12.4. The molecule has 2 aromatic carbocycles. The fourth-order valence-corrected chi connectivity index (χ4v) is 2.88. The van der Waals surface area contributed by atoms with Gasteiger partial charge in [0.15, 0.2) is 0 Å². The summed E-state index contributed by atoms with van der Waals surface area (Å²) in [5.74, 6) is -0.294. The Bertz CT molecular complexity index is 758. The van der Waals surface area contributed by atoms with Crippen LogP contribution in [0.15, 0.2) is 42.5 Å². The van der Waals surface area contributed by atoms with E-state index < -0.39 is 17.3 Å². The van der Waals surface area contributed by atoms with Crippen LogP contribution in [0.1, 0.15) is 42.2 Å². The second-order valence-electron chi connectivity index (χ2n) is 6.37. The average molecular weight is 314 g/mol. The van der Waals surface area contributed by atoms with Crippen LogP contribution in [0.4, 0.5) is 10.1 Å². The minimum absolute atomic E-state index is 0.0299. The second kappa shape index (κ2) is 5.57. The van der Waals surface area contributed by atoms with Crippen molar-refractivity contribution in [2.75, 3.05) is 5.73 Å². The molecule has 1 heterocycles. The maximum absolute atomic E-state index is 13.8. The Morgan fingerprint density at radius 2 is 2.04 bits per heavy atom. The highest BCUT2D eigenvalue weighted by atomic mass is 19.1. The lowest BCUT2D eigenvalue weighted by molar-refractivity contribution is 0.0619. The predicted octanol–water partition coefficient (Wildman–Crippen LogP) is 3.44. The highest BCUT2D eigenvalue weighted by Gasteiger charge is 2.35.